The maximum Gasteiger partial charge on any atom is 0.323 e. The standard InChI is InChI=1S/C18H17N3O3/c22-11-16-19-17(23-12-14-7-3-1-4-8-14)21-18(20-16)24-13-15-9-5-2-6-10-15/h1-10,22H,11-13H2. The SMILES string of the molecule is OCc1nc(OCc2ccccc2)nc(OCc2ccccc2)n1. The number of rotatable bonds is 7. The van der Waals surface area contributed by atoms with Crippen molar-refractivity contribution in [1.29, 1.82) is 0 Å². The van der Waals surface area contributed by atoms with Crippen molar-refractivity contribution in [2.45, 2.75) is 19.8 Å². The van der Waals surface area contributed by atoms with E-state index >= 15 is 0 Å². The molecule has 6 nitrogen and oxygen atoms in total. The Morgan fingerprint density at radius 3 is 1.54 bits per heavy atom. The molecular weight excluding hydrogens is 306 g/mol. The minimum absolute atomic E-state index is 0.126. The van der Waals surface area contributed by atoms with Crippen LogP contribution in [0.4, 0.5) is 0 Å². The maximum atomic E-state index is 9.29. The number of benzene rings is 2. The number of nitrogens with zero attached hydrogens (tertiary/aromatic N) is 3. The average molecular weight is 323 g/mol. The van der Waals surface area contributed by atoms with Gasteiger partial charge in [0.1, 0.15) is 19.8 Å². The van der Waals surface area contributed by atoms with Crippen LogP contribution in [0.15, 0.2) is 60.7 Å². The topological polar surface area (TPSA) is 77.4 Å². The van der Waals surface area contributed by atoms with E-state index in [0.29, 0.717) is 13.2 Å². The first-order valence-electron chi connectivity index (χ1n) is 7.53. The van der Waals surface area contributed by atoms with Gasteiger partial charge in [-0.15, -0.1) is 4.98 Å². The van der Waals surface area contributed by atoms with Crippen molar-refractivity contribution in [1.82, 2.24) is 15.0 Å². The number of hydrogen-bond acceptors (Lipinski definition) is 6. The minimum atomic E-state index is -0.314. The van der Waals surface area contributed by atoms with Crippen molar-refractivity contribution in [2.75, 3.05) is 0 Å². The van der Waals surface area contributed by atoms with Gasteiger partial charge < -0.3 is 14.6 Å². The molecule has 0 unspecified atom stereocenters. The van der Waals surface area contributed by atoms with Gasteiger partial charge in [0, 0.05) is 0 Å². The quantitative estimate of drug-likeness (QED) is 0.720. The van der Waals surface area contributed by atoms with Gasteiger partial charge >= 0.3 is 12.0 Å². The summed E-state index contributed by atoms with van der Waals surface area (Å²) in [5.41, 5.74) is 1.99. The van der Waals surface area contributed by atoms with Gasteiger partial charge in [-0.05, 0) is 11.1 Å². The summed E-state index contributed by atoms with van der Waals surface area (Å²) in [5, 5.41) is 9.29. The minimum Gasteiger partial charge on any atom is -0.458 e. The van der Waals surface area contributed by atoms with Crippen molar-refractivity contribution in [3.63, 3.8) is 0 Å². The zero-order valence-corrected chi connectivity index (χ0v) is 13.0. The predicted molar refractivity (Wildman–Crippen MR) is 87.3 cm³/mol. The fraction of sp³-hybridized carbons (Fsp3) is 0.167. The van der Waals surface area contributed by atoms with Crippen molar-refractivity contribution in [2.24, 2.45) is 0 Å². The second-order valence-corrected chi connectivity index (χ2v) is 5.02. The molecule has 0 aliphatic heterocycles. The molecule has 1 aromatic heterocycles. The van der Waals surface area contributed by atoms with E-state index in [9.17, 15) is 5.11 Å². The van der Waals surface area contributed by atoms with Crippen molar-refractivity contribution < 1.29 is 14.6 Å². The van der Waals surface area contributed by atoms with Crippen molar-refractivity contribution >= 4 is 0 Å². The summed E-state index contributed by atoms with van der Waals surface area (Å²) in [4.78, 5) is 12.2. The van der Waals surface area contributed by atoms with E-state index in [1.54, 1.807) is 0 Å². The van der Waals surface area contributed by atoms with Gasteiger partial charge in [-0.3, -0.25) is 0 Å². The molecule has 0 fully saturated rings. The molecule has 1 N–H and O–H groups in total. The molecule has 0 saturated carbocycles. The van der Waals surface area contributed by atoms with E-state index in [1.807, 2.05) is 60.7 Å². The van der Waals surface area contributed by atoms with Gasteiger partial charge in [-0.1, -0.05) is 60.7 Å². The summed E-state index contributed by atoms with van der Waals surface area (Å²) in [6, 6.07) is 19.6. The first kappa shape index (κ1) is 15.9. The lowest BCUT2D eigenvalue weighted by atomic mass is 10.2. The molecule has 1 heterocycles. The lowest BCUT2D eigenvalue weighted by Crippen LogP contribution is -2.07. The Kier molecular flexibility index (Phi) is 5.32. The Morgan fingerprint density at radius 1 is 0.667 bits per heavy atom. The predicted octanol–water partition coefficient (Wildman–Crippen LogP) is 2.52. The fourth-order valence-corrected chi connectivity index (χ4v) is 2.02. The largest absolute Gasteiger partial charge is 0.458 e. The number of aliphatic hydroxyl groups excluding tert-OH is 1. The van der Waals surface area contributed by atoms with Gasteiger partial charge in [0.05, 0.1) is 0 Å². The normalized spacial score (nSPS) is 10.4. The van der Waals surface area contributed by atoms with Crippen LogP contribution in [0, 0.1) is 0 Å². The van der Waals surface area contributed by atoms with Crippen LogP contribution < -0.4 is 9.47 Å². The van der Waals surface area contributed by atoms with Crippen LogP contribution in [0.5, 0.6) is 12.0 Å². The van der Waals surface area contributed by atoms with Gasteiger partial charge in [0.15, 0.2) is 5.82 Å². The van der Waals surface area contributed by atoms with Crippen LogP contribution in [-0.4, -0.2) is 20.1 Å². The Morgan fingerprint density at radius 2 is 1.12 bits per heavy atom. The number of ether oxygens (including phenoxy) is 2. The zero-order valence-electron chi connectivity index (χ0n) is 13.0. The number of aromatic nitrogens is 3. The van der Waals surface area contributed by atoms with E-state index in [-0.39, 0.29) is 24.5 Å². The summed E-state index contributed by atoms with van der Waals surface area (Å²) in [6.07, 6.45) is 0. The summed E-state index contributed by atoms with van der Waals surface area (Å²) in [6.45, 7) is 0.341. The highest BCUT2D eigenvalue weighted by Gasteiger charge is 2.09. The highest BCUT2D eigenvalue weighted by molar-refractivity contribution is 5.16. The van der Waals surface area contributed by atoms with Crippen LogP contribution in [-0.2, 0) is 19.8 Å². The zero-order chi connectivity index (χ0) is 16.6. The molecule has 24 heavy (non-hydrogen) atoms. The smallest absolute Gasteiger partial charge is 0.323 e. The third-order valence-corrected chi connectivity index (χ3v) is 3.20. The molecule has 6 heteroatoms. The Labute approximate surface area is 139 Å². The fourth-order valence-electron chi connectivity index (χ4n) is 2.02. The van der Waals surface area contributed by atoms with Crippen LogP contribution in [0.25, 0.3) is 0 Å². The van der Waals surface area contributed by atoms with E-state index < -0.39 is 0 Å². The molecule has 0 atom stereocenters. The van der Waals surface area contributed by atoms with Gasteiger partial charge in [0.2, 0.25) is 0 Å². The molecule has 0 aliphatic carbocycles. The molecule has 2 aromatic carbocycles. The number of hydrogen-bond donors (Lipinski definition) is 1. The van der Waals surface area contributed by atoms with E-state index in [1.165, 1.54) is 0 Å². The van der Waals surface area contributed by atoms with Crippen LogP contribution >= 0.6 is 0 Å². The van der Waals surface area contributed by atoms with Crippen molar-refractivity contribution in [3.05, 3.63) is 77.6 Å². The second-order valence-electron chi connectivity index (χ2n) is 5.02. The molecule has 3 aromatic rings. The molecule has 0 amide bonds. The Balaban J connectivity index is 1.68. The molecule has 0 saturated heterocycles. The highest BCUT2D eigenvalue weighted by Crippen LogP contribution is 2.13. The first-order chi connectivity index (χ1) is 11.8. The van der Waals surface area contributed by atoms with E-state index in [0.717, 1.165) is 11.1 Å². The lowest BCUT2D eigenvalue weighted by molar-refractivity contribution is 0.230. The molecular formula is C18H17N3O3. The second kappa shape index (κ2) is 8.03. The third kappa shape index (κ3) is 4.50. The lowest BCUT2D eigenvalue weighted by Gasteiger charge is -2.08. The Bertz CT molecular complexity index is 705. The summed E-state index contributed by atoms with van der Waals surface area (Å²) >= 11 is 0. The maximum absolute atomic E-state index is 9.29. The van der Waals surface area contributed by atoms with Gasteiger partial charge in [-0.25, -0.2) is 0 Å². The van der Waals surface area contributed by atoms with E-state index in [2.05, 4.69) is 15.0 Å². The molecule has 0 radical (unpaired) electrons. The summed E-state index contributed by atoms with van der Waals surface area (Å²) < 4.78 is 11.1. The first-order valence-corrected chi connectivity index (χ1v) is 7.53. The van der Waals surface area contributed by atoms with Crippen LogP contribution in [0.2, 0.25) is 0 Å². The molecule has 0 aliphatic rings. The monoisotopic (exact) mass is 323 g/mol. The van der Waals surface area contributed by atoms with Gasteiger partial charge in [-0.2, -0.15) is 9.97 Å². The molecule has 3 rings (SSSR count). The molecule has 0 spiro atoms. The third-order valence-electron chi connectivity index (χ3n) is 3.20. The summed E-state index contributed by atoms with van der Waals surface area (Å²) in [5.74, 6) is 0.205. The van der Waals surface area contributed by atoms with E-state index in [4.69, 9.17) is 9.47 Å². The Hall–Kier alpha value is -2.99. The average Bonchev–Trinajstić information content (AvgIpc) is 2.66. The summed E-state index contributed by atoms with van der Waals surface area (Å²) in [7, 11) is 0. The van der Waals surface area contributed by atoms with Gasteiger partial charge in [0.25, 0.3) is 0 Å². The van der Waals surface area contributed by atoms with Crippen molar-refractivity contribution in [3.8, 4) is 12.0 Å². The molecule has 0 bridgehead atoms. The molecule has 122 valence electrons. The van der Waals surface area contributed by atoms with Crippen LogP contribution in [0.3, 0.4) is 0 Å². The number of aliphatic hydroxyl groups is 1. The van der Waals surface area contributed by atoms with Crippen LogP contribution in [0.1, 0.15) is 17.0 Å². The highest BCUT2D eigenvalue weighted by atomic mass is 16.5.